The monoisotopic (exact) mass is 295 g/mol. The van der Waals surface area contributed by atoms with Crippen LogP contribution in [0.5, 0.6) is 0 Å². The van der Waals surface area contributed by atoms with Crippen molar-refractivity contribution in [1.82, 2.24) is 14.0 Å². The zero-order chi connectivity index (χ0) is 14.6. The van der Waals surface area contributed by atoms with Gasteiger partial charge in [0.1, 0.15) is 0 Å². The van der Waals surface area contributed by atoms with Crippen molar-refractivity contribution in [3.05, 3.63) is 36.0 Å². The van der Waals surface area contributed by atoms with Gasteiger partial charge in [-0.25, -0.2) is 0 Å². The van der Waals surface area contributed by atoms with Gasteiger partial charge in [0.05, 0.1) is 6.54 Å². The molecule has 0 saturated heterocycles. The van der Waals surface area contributed by atoms with Crippen molar-refractivity contribution in [2.45, 2.75) is 26.3 Å². The fourth-order valence-electron chi connectivity index (χ4n) is 2.01. The molecule has 0 saturated carbocycles. The van der Waals surface area contributed by atoms with Gasteiger partial charge >= 0.3 is 0 Å². The minimum absolute atomic E-state index is 0.271. The van der Waals surface area contributed by atoms with E-state index in [9.17, 15) is 8.42 Å². The van der Waals surface area contributed by atoms with Crippen molar-refractivity contribution < 1.29 is 8.42 Å². The Bertz CT molecular complexity index is 631. The van der Waals surface area contributed by atoms with E-state index in [0.29, 0.717) is 6.54 Å². The normalized spacial score (nSPS) is 12.3. The van der Waals surface area contributed by atoms with Crippen molar-refractivity contribution in [2.75, 3.05) is 13.6 Å². The van der Waals surface area contributed by atoms with Crippen molar-refractivity contribution in [2.24, 2.45) is 0 Å². The van der Waals surface area contributed by atoms with Crippen LogP contribution in [0.1, 0.15) is 25.5 Å². The molecular formula is C14H21N3O2S. The lowest BCUT2D eigenvalue weighted by Gasteiger charge is -2.16. The smallest absolute Gasteiger partial charge is 0.279 e. The van der Waals surface area contributed by atoms with Crippen LogP contribution in [0.15, 0.2) is 30.3 Å². The summed E-state index contributed by atoms with van der Waals surface area (Å²) in [6, 6.07) is 9.84. The maximum absolute atomic E-state index is 12.0. The number of H-pyrrole nitrogens is 1. The summed E-state index contributed by atoms with van der Waals surface area (Å²) in [5.41, 5.74) is 1.87. The second-order valence-electron chi connectivity index (χ2n) is 4.88. The lowest BCUT2D eigenvalue weighted by molar-refractivity contribution is 0.448. The topological polar surface area (TPSA) is 65.2 Å². The molecule has 2 aromatic rings. The number of rotatable bonds is 7. The van der Waals surface area contributed by atoms with Crippen LogP contribution < -0.4 is 4.72 Å². The van der Waals surface area contributed by atoms with E-state index >= 15 is 0 Å². The molecule has 0 aliphatic rings. The summed E-state index contributed by atoms with van der Waals surface area (Å²) >= 11 is 0. The molecule has 5 nitrogen and oxygen atoms in total. The molecule has 1 aromatic carbocycles. The molecule has 6 heteroatoms. The van der Waals surface area contributed by atoms with Crippen LogP contribution in [0.25, 0.3) is 10.9 Å². The van der Waals surface area contributed by atoms with Gasteiger partial charge in [0.25, 0.3) is 10.2 Å². The third kappa shape index (κ3) is 3.59. The summed E-state index contributed by atoms with van der Waals surface area (Å²) in [7, 11) is -1.80. The Hall–Kier alpha value is -1.37. The number of fused-ring (bicyclic) bond motifs is 1. The predicted octanol–water partition coefficient (Wildman–Crippen LogP) is 2.23. The van der Waals surface area contributed by atoms with Crippen LogP contribution in [0.2, 0.25) is 0 Å². The minimum atomic E-state index is -3.40. The van der Waals surface area contributed by atoms with Gasteiger partial charge < -0.3 is 4.98 Å². The molecule has 2 N–H and O–H groups in total. The Labute approximate surface area is 120 Å². The molecule has 0 aliphatic carbocycles. The molecule has 0 spiro atoms. The number of aromatic nitrogens is 1. The van der Waals surface area contributed by atoms with Gasteiger partial charge in [-0.05, 0) is 23.9 Å². The van der Waals surface area contributed by atoms with Gasteiger partial charge in [0.2, 0.25) is 0 Å². The summed E-state index contributed by atoms with van der Waals surface area (Å²) in [5.74, 6) is 0. The van der Waals surface area contributed by atoms with Gasteiger partial charge in [-0.3, -0.25) is 0 Å². The number of nitrogens with one attached hydrogen (secondary N) is 2. The number of hydrogen-bond acceptors (Lipinski definition) is 2. The third-order valence-electron chi connectivity index (χ3n) is 3.27. The zero-order valence-corrected chi connectivity index (χ0v) is 12.7. The van der Waals surface area contributed by atoms with Gasteiger partial charge in [-0.1, -0.05) is 31.5 Å². The molecule has 0 atom stereocenters. The van der Waals surface area contributed by atoms with Crippen LogP contribution in [0.3, 0.4) is 0 Å². The van der Waals surface area contributed by atoms with Crippen LogP contribution in [-0.4, -0.2) is 31.3 Å². The lowest BCUT2D eigenvalue weighted by atomic mass is 10.2. The Morgan fingerprint density at radius 3 is 2.75 bits per heavy atom. The average molecular weight is 295 g/mol. The van der Waals surface area contributed by atoms with Crippen molar-refractivity contribution in [3.63, 3.8) is 0 Å². The number of nitrogens with zero attached hydrogens (tertiary/aromatic N) is 1. The first-order chi connectivity index (χ1) is 9.53. The van der Waals surface area contributed by atoms with Gasteiger partial charge in [-0.15, -0.1) is 0 Å². The van der Waals surface area contributed by atoms with Crippen LogP contribution in [-0.2, 0) is 16.8 Å². The maximum atomic E-state index is 12.0. The second-order valence-corrected chi connectivity index (χ2v) is 6.75. The molecule has 0 fully saturated rings. The first-order valence-corrected chi connectivity index (χ1v) is 8.24. The number of benzene rings is 1. The van der Waals surface area contributed by atoms with E-state index in [1.165, 1.54) is 4.31 Å². The summed E-state index contributed by atoms with van der Waals surface area (Å²) in [6.07, 6.45) is 1.84. The number of aromatic amines is 1. The Balaban J connectivity index is 2.00. The van der Waals surface area contributed by atoms with Crippen molar-refractivity contribution in [1.29, 1.82) is 0 Å². The van der Waals surface area contributed by atoms with E-state index in [1.807, 2.05) is 37.3 Å². The molecular weight excluding hydrogens is 274 g/mol. The summed E-state index contributed by atoms with van der Waals surface area (Å²) in [4.78, 5) is 3.20. The Kier molecular flexibility index (Phi) is 4.80. The summed E-state index contributed by atoms with van der Waals surface area (Å²) in [5, 5.41) is 1.08. The van der Waals surface area contributed by atoms with Gasteiger partial charge in [0.15, 0.2) is 0 Å². The molecule has 0 aliphatic heterocycles. The van der Waals surface area contributed by atoms with Crippen LogP contribution in [0, 0.1) is 0 Å². The molecule has 20 heavy (non-hydrogen) atoms. The highest BCUT2D eigenvalue weighted by molar-refractivity contribution is 7.87. The first-order valence-electron chi connectivity index (χ1n) is 6.80. The standard InChI is InChI=1S/C14H21N3O2S/c1-3-4-9-17(2)20(18,19)15-11-13-10-12-7-5-6-8-14(12)16-13/h5-8,10,15-16H,3-4,9,11H2,1-2H3. The molecule has 2 rings (SSSR count). The van der Waals surface area contributed by atoms with E-state index < -0.39 is 10.2 Å². The average Bonchev–Trinajstić information content (AvgIpc) is 2.85. The largest absolute Gasteiger partial charge is 0.357 e. The quantitative estimate of drug-likeness (QED) is 0.822. The Morgan fingerprint density at radius 2 is 2.05 bits per heavy atom. The van der Waals surface area contributed by atoms with Gasteiger partial charge in [-0.2, -0.15) is 17.4 Å². The molecule has 110 valence electrons. The van der Waals surface area contributed by atoms with Gasteiger partial charge in [0, 0.05) is 24.8 Å². The highest BCUT2D eigenvalue weighted by Crippen LogP contribution is 2.14. The number of hydrogen-bond donors (Lipinski definition) is 2. The highest BCUT2D eigenvalue weighted by Gasteiger charge is 2.16. The molecule has 0 radical (unpaired) electrons. The van der Waals surface area contributed by atoms with E-state index in [-0.39, 0.29) is 6.54 Å². The zero-order valence-electron chi connectivity index (χ0n) is 11.9. The molecule has 1 aromatic heterocycles. The SMILES string of the molecule is CCCCN(C)S(=O)(=O)NCc1cc2ccccc2[nH]1. The summed E-state index contributed by atoms with van der Waals surface area (Å²) in [6.45, 7) is 2.85. The molecule has 0 unspecified atom stereocenters. The van der Waals surface area contributed by atoms with Crippen LogP contribution >= 0.6 is 0 Å². The number of unbranched alkanes of at least 4 members (excludes halogenated alkanes) is 1. The fourth-order valence-corrected chi connectivity index (χ4v) is 2.94. The maximum Gasteiger partial charge on any atom is 0.279 e. The second kappa shape index (κ2) is 6.39. The lowest BCUT2D eigenvalue weighted by Crippen LogP contribution is -2.38. The number of para-hydroxylation sites is 1. The predicted molar refractivity (Wildman–Crippen MR) is 81.6 cm³/mol. The van der Waals surface area contributed by atoms with Crippen LogP contribution in [0.4, 0.5) is 0 Å². The summed E-state index contributed by atoms with van der Waals surface area (Å²) < 4.78 is 28.0. The van der Waals surface area contributed by atoms with Crippen molar-refractivity contribution in [3.8, 4) is 0 Å². The highest BCUT2D eigenvalue weighted by atomic mass is 32.2. The fraction of sp³-hybridized carbons (Fsp3) is 0.429. The van der Waals surface area contributed by atoms with Crippen molar-refractivity contribution >= 4 is 21.1 Å². The minimum Gasteiger partial charge on any atom is -0.357 e. The first kappa shape index (κ1) is 15.0. The third-order valence-corrected chi connectivity index (χ3v) is 4.78. The van der Waals surface area contributed by atoms with E-state index in [1.54, 1.807) is 7.05 Å². The Morgan fingerprint density at radius 1 is 1.30 bits per heavy atom. The van der Waals surface area contributed by atoms with E-state index in [4.69, 9.17) is 0 Å². The van der Waals surface area contributed by atoms with E-state index in [0.717, 1.165) is 29.4 Å². The molecule has 0 amide bonds. The van der Waals surface area contributed by atoms with E-state index in [2.05, 4.69) is 9.71 Å². The molecule has 0 bridgehead atoms. The molecule has 1 heterocycles.